The summed E-state index contributed by atoms with van der Waals surface area (Å²) < 4.78 is 28.9. The number of aromatic nitrogens is 1. The van der Waals surface area contributed by atoms with Gasteiger partial charge in [0.05, 0.1) is 5.69 Å². The van der Waals surface area contributed by atoms with Crippen molar-refractivity contribution in [1.29, 1.82) is 0 Å². The van der Waals surface area contributed by atoms with E-state index in [-0.39, 0.29) is 10.9 Å². The van der Waals surface area contributed by atoms with Crippen molar-refractivity contribution in [3.63, 3.8) is 0 Å². The average Bonchev–Trinajstić information content (AvgIpc) is 2.47. The molecule has 8 heteroatoms. The van der Waals surface area contributed by atoms with Crippen molar-refractivity contribution in [3.8, 4) is 0 Å². The van der Waals surface area contributed by atoms with Gasteiger partial charge >= 0.3 is 6.03 Å². The second-order valence-corrected chi connectivity index (χ2v) is 7.77. The van der Waals surface area contributed by atoms with Gasteiger partial charge in [-0.2, -0.15) is 0 Å². The molecule has 0 unspecified atom stereocenters. The van der Waals surface area contributed by atoms with Gasteiger partial charge in [0.15, 0.2) is 17.3 Å². The molecule has 1 heterocycles. The Labute approximate surface area is 148 Å². The summed E-state index contributed by atoms with van der Waals surface area (Å²) in [6.07, 6.45) is 3.18. The lowest BCUT2D eigenvalue weighted by molar-refractivity contribution is -0.673. The van der Waals surface area contributed by atoms with Gasteiger partial charge in [0.1, 0.15) is 7.05 Å². The Morgan fingerprint density at radius 2 is 1.92 bits per heavy atom. The molecule has 0 aliphatic carbocycles. The molecule has 25 heavy (non-hydrogen) atoms. The molecule has 2 amide bonds. The van der Waals surface area contributed by atoms with Crippen molar-refractivity contribution in [3.05, 3.63) is 48.3 Å². The Bertz CT molecular complexity index is 879. The predicted molar refractivity (Wildman–Crippen MR) is 96.1 cm³/mol. The molecule has 0 saturated carbocycles. The first kappa shape index (κ1) is 18.7. The van der Waals surface area contributed by atoms with Crippen LogP contribution in [-0.4, -0.2) is 20.5 Å². The van der Waals surface area contributed by atoms with E-state index in [2.05, 4.69) is 10.6 Å². The van der Waals surface area contributed by atoms with Gasteiger partial charge in [0.2, 0.25) is 0 Å². The zero-order chi connectivity index (χ0) is 18.6. The maximum atomic E-state index is 12.6. The van der Waals surface area contributed by atoms with Gasteiger partial charge in [-0.15, -0.1) is 0 Å². The number of pyridine rings is 1. The van der Waals surface area contributed by atoms with Gasteiger partial charge in [-0.05, 0) is 38.5 Å². The van der Waals surface area contributed by atoms with E-state index < -0.39 is 16.1 Å². The molecule has 134 valence electrons. The molecule has 0 aliphatic heterocycles. The lowest BCUT2D eigenvalue weighted by Gasteiger charge is -2.13. The Hall–Kier alpha value is -2.61. The number of nitrogens with one attached hydrogen (secondary N) is 3. The van der Waals surface area contributed by atoms with E-state index in [1.54, 1.807) is 37.7 Å². The Morgan fingerprint density at radius 1 is 1.20 bits per heavy atom. The fraction of sp³-hybridized carbons (Fsp3) is 0.294. The third kappa shape index (κ3) is 5.18. The molecule has 2 aromatic rings. The largest absolute Gasteiger partial charge is 0.354 e. The highest BCUT2D eigenvalue weighted by molar-refractivity contribution is 7.90. The Balaban J connectivity index is 2.36. The maximum Gasteiger partial charge on any atom is 0.328 e. The number of hydrogen-bond donors (Lipinski definition) is 3. The lowest BCUT2D eigenvalue weighted by atomic mass is 10.2. The minimum absolute atomic E-state index is 0.0158. The van der Waals surface area contributed by atoms with Crippen LogP contribution >= 0.6 is 0 Å². The topological polar surface area (TPSA) is 91.2 Å². The minimum Gasteiger partial charge on any atom is -0.354 e. The van der Waals surface area contributed by atoms with Crippen LogP contribution in [0.5, 0.6) is 0 Å². The second kappa shape index (κ2) is 7.52. The number of anilines is 2. The monoisotopic (exact) mass is 363 g/mol. The molecule has 0 spiro atoms. The molecular weight excluding hydrogens is 340 g/mol. The molecule has 0 atom stereocenters. The minimum atomic E-state index is -4.03. The SMILES string of the molecule is Cc1cccc(Nc2cc[n+](C)cc2S(=O)(=O)NC(=O)NC(C)C)c1. The first-order valence-electron chi connectivity index (χ1n) is 7.83. The van der Waals surface area contributed by atoms with Crippen LogP contribution < -0.4 is 19.9 Å². The normalized spacial score (nSPS) is 11.2. The van der Waals surface area contributed by atoms with E-state index in [0.29, 0.717) is 5.69 Å². The van der Waals surface area contributed by atoms with Crippen molar-refractivity contribution in [2.45, 2.75) is 31.7 Å². The molecule has 1 aromatic heterocycles. The summed E-state index contributed by atoms with van der Waals surface area (Å²) in [5.74, 6) is 0. The summed E-state index contributed by atoms with van der Waals surface area (Å²) in [6, 6.07) is 8.29. The number of hydrogen-bond acceptors (Lipinski definition) is 4. The average molecular weight is 363 g/mol. The molecule has 0 radical (unpaired) electrons. The van der Waals surface area contributed by atoms with Crippen LogP contribution in [0.2, 0.25) is 0 Å². The van der Waals surface area contributed by atoms with Gasteiger partial charge < -0.3 is 10.6 Å². The van der Waals surface area contributed by atoms with Gasteiger partial charge in [-0.1, -0.05) is 12.1 Å². The lowest BCUT2D eigenvalue weighted by Crippen LogP contribution is -2.43. The standard InChI is InChI=1S/C17H22N4O3S/c1-12(2)18-17(22)20-25(23,24)16-11-21(4)9-8-15(16)19-14-7-5-6-13(3)10-14/h5-12H,1-4H3,(H2,18,20,22)/p+1. The first-order valence-corrected chi connectivity index (χ1v) is 9.32. The zero-order valence-corrected chi connectivity index (χ0v) is 15.5. The van der Waals surface area contributed by atoms with Crippen molar-refractivity contribution in [2.24, 2.45) is 7.05 Å². The molecule has 1 aromatic carbocycles. The summed E-state index contributed by atoms with van der Waals surface area (Å²) in [7, 11) is -2.32. The van der Waals surface area contributed by atoms with Gasteiger partial charge in [0.25, 0.3) is 10.0 Å². The molecule has 0 bridgehead atoms. The van der Waals surface area contributed by atoms with Crippen LogP contribution in [-0.2, 0) is 17.1 Å². The van der Waals surface area contributed by atoms with E-state index in [4.69, 9.17) is 0 Å². The van der Waals surface area contributed by atoms with Crippen LogP contribution in [0.25, 0.3) is 0 Å². The summed E-state index contributed by atoms with van der Waals surface area (Å²) >= 11 is 0. The molecule has 0 saturated heterocycles. The second-order valence-electron chi connectivity index (χ2n) is 6.12. The molecule has 0 fully saturated rings. The molecule has 7 nitrogen and oxygen atoms in total. The van der Waals surface area contributed by atoms with Gasteiger partial charge in [0, 0.05) is 17.8 Å². The number of aryl methyl sites for hydroxylation is 2. The van der Waals surface area contributed by atoms with Gasteiger partial charge in [-0.25, -0.2) is 22.5 Å². The summed E-state index contributed by atoms with van der Waals surface area (Å²) in [6.45, 7) is 5.45. The van der Waals surface area contributed by atoms with Crippen molar-refractivity contribution >= 4 is 27.4 Å². The van der Waals surface area contributed by atoms with Crippen LogP contribution in [0.4, 0.5) is 16.2 Å². The number of urea groups is 1. The Morgan fingerprint density at radius 3 is 2.56 bits per heavy atom. The molecule has 3 N–H and O–H groups in total. The summed E-state index contributed by atoms with van der Waals surface area (Å²) in [4.78, 5) is 11.8. The van der Waals surface area contributed by atoms with Crippen LogP contribution in [0.3, 0.4) is 0 Å². The number of amides is 2. The Kier molecular flexibility index (Phi) is 5.63. The molecule has 2 rings (SSSR count). The number of carbonyl (C=O) groups excluding carboxylic acids is 1. The summed E-state index contributed by atoms with van der Waals surface area (Å²) in [5, 5.41) is 5.60. The smallest absolute Gasteiger partial charge is 0.328 e. The van der Waals surface area contributed by atoms with Crippen LogP contribution in [0.1, 0.15) is 19.4 Å². The number of benzene rings is 1. The summed E-state index contributed by atoms with van der Waals surface area (Å²) in [5.41, 5.74) is 2.19. The van der Waals surface area contributed by atoms with E-state index in [0.717, 1.165) is 11.3 Å². The molecular formula is C17H23N4O3S+. The third-order valence-corrected chi connectivity index (χ3v) is 4.65. The van der Waals surface area contributed by atoms with Crippen LogP contribution in [0, 0.1) is 6.92 Å². The predicted octanol–water partition coefficient (Wildman–Crippen LogP) is 1.96. The fourth-order valence-electron chi connectivity index (χ4n) is 2.24. The fourth-order valence-corrected chi connectivity index (χ4v) is 3.36. The van der Waals surface area contributed by atoms with Crippen LogP contribution in [0.15, 0.2) is 47.6 Å². The highest BCUT2D eigenvalue weighted by atomic mass is 32.2. The first-order chi connectivity index (χ1) is 11.7. The van der Waals surface area contributed by atoms with Crippen molar-refractivity contribution in [2.75, 3.05) is 5.32 Å². The number of rotatable bonds is 5. The van der Waals surface area contributed by atoms with E-state index in [1.807, 2.05) is 35.9 Å². The van der Waals surface area contributed by atoms with Gasteiger partial charge in [-0.3, -0.25) is 0 Å². The van der Waals surface area contributed by atoms with E-state index >= 15 is 0 Å². The van der Waals surface area contributed by atoms with E-state index in [1.165, 1.54) is 6.20 Å². The van der Waals surface area contributed by atoms with E-state index in [9.17, 15) is 13.2 Å². The number of nitrogens with zero attached hydrogens (tertiary/aromatic N) is 1. The maximum absolute atomic E-state index is 12.6. The number of sulfonamides is 1. The number of carbonyl (C=O) groups is 1. The highest BCUT2D eigenvalue weighted by Crippen LogP contribution is 2.23. The quantitative estimate of drug-likeness (QED) is 0.708. The van der Waals surface area contributed by atoms with Crippen molar-refractivity contribution < 1.29 is 17.8 Å². The third-order valence-electron chi connectivity index (χ3n) is 3.30. The zero-order valence-electron chi connectivity index (χ0n) is 14.7. The molecule has 0 aliphatic rings. The highest BCUT2D eigenvalue weighted by Gasteiger charge is 2.25. The van der Waals surface area contributed by atoms with Crippen molar-refractivity contribution in [1.82, 2.24) is 10.0 Å².